The van der Waals surface area contributed by atoms with Crippen LogP contribution in [0.15, 0.2) is 71.8 Å². The second-order valence-electron chi connectivity index (χ2n) is 5.86. The van der Waals surface area contributed by atoms with Crippen molar-refractivity contribution in [3.8, 4) is 0 Å². The fourth-order valence-corrected chi connectivity index (χ4v) is 2.76. The molecule has 1 amide bonds. The van der Waals surface area contributed by atoms with E-state index in [1.807, 2.05) is 72.8 Å². The average molecular weight is 317 g/mol. The molecule has 3 rings (SSSR count). The molecule has 24 heavy (non-hydrogen) atoms. The average Bonchev–Trinajstić information content (AvgIpc) is 2.60. The van der Waals surface area contributed by atoms with Crippen LogP contribution in [0.2, 0.25) is 0 Å². The fraction of sp³-hybridized carbons (Fsp3) is 0.143. The molecule has 1 fully saturated rings. The normalized spacial score (nSPS) is 18.2. The van der Waals surface area contributed by atoms with Gasteiger partial charge in [0.25, 0.3) is 0 Å². The second kappa shape index (κ2) is 7.09. The highest BCUT2D eigenvalue weighted by molar-refractivity contribution is 6.15. The first-order chi connectivity index (χ1) is 11.6. The van der Waals surface area contributed by atoms with E-state index in [4.69, 9.17) is 0 Å². The van der Waals surface area contributed by atoms with Crippen LogP contribution in [0.3, 0.4) is 0 Å². The maximum absolute atomic E-state index is 12.8. The van der Waals surface area contributed by atoms with Crippen LogP contribution >= 0.6 is 0 Å². The number of rotatable bonds is 2. The van der Waals surface area contributed by atoms with Crippen LogP contribution in [0, 0.1) is 0 Å². The largest absolute Gasteiger partial charge is 0.334 e. The van der Waals surface area contributed by atoms with Gasteiger partial charge in [0.1, 0.15) is 0 Å². The monoisotopic (exact) mass is 317 g/mol. The van der Waals surface area contributed by atoms with Crippen LogP contribution in [0.1, 0.15) is 18.1 Å². The summed E-state index contributed by atoms with van der Waals surface area (Å²) in [6.07, 6.45) is 3.74. The van der Waals surface area contributed by atoms with Crippen molar-refractivity contribution in [2.24, 2.45) is 0 Å². The lowest BCUT2D eigenvalue weighted by Gasteiger charge is -2.29. The summed E-state index contributed by atoms with van der Waals surface area (Å²) < 4.78 is 0. The Morgan fingerprint density at radius 1 is 0.833 bits per heavy atom. The maximum atomic E-state index is 12.8. The van der Waals surface area contributed by atoms with Crippen molar-refractivity contribution in [2.45, 2.75) is 6.92 Å². The Kier molecular flexibility index (Phi) is 4.71. The molecule has 0 unspecified atom stereocenters. The molecule has 1 saturated heterocycles. The minimum absolute atomic E-state index is 0.0141. The molecule has 120 valence electrons. The van der Waals surface area contributed by atoms with Crippen LogP contribution in [0.5, 0.6) is 0 Å². The van der Waals surface area contributed by atoms with E-state index in [9.17, 15) is 9.59 Å². The molecule has 1 heterocycles. The molecule has 0 spiro atoms. The highest BCUT2D eigenvalue weighted by Crippen LogP contribution is 2.22. The Hall–Kier alpha value is -2.94. The minimum atomic E-state index is -0.0274. The molecule has 1 aliphatic rings. The SMILES string of the molecule is CC(=O)N1C/C(=C\c2ccccc2)C(=O)/C(=C/c2ccccc2)C1. The molecule has 0 saturated carbocycles. The molecule has 3 heteroatoms. The third-order valence-corrected chi connectivity index (χ3v) is 4.03. The van der Waals surface area contributed by atoms with Gasteiger partial charge in [0, 0.05) is 31.2 Å². The van der Waals surface area contributed by atoms with Gasteiger partial charge in [-0.2, -0.15) is 0 Å². The van der Waals surface area contributed by atoms with Crippen molar-refractivity contribution in [1.29, 1.82) is 0 Å². The summed E-state index contributed by atoms with van der Waals surface area (Å²) in [5, 5.41) is 0. The Labute approximate surface area is 141 Å². The van der Waals surface area contributed by atoms with Gasteiger partial charge in [-0.05, 0) is 23.3 Å². The molecule has 0 N–H and O–H groups in total. The summed E-state index contributed by atoms with van der Waals surface area (Å²) in [6.45, 7) is 2.25. The summed E-state index contributed by atoms with van der Waals surface area (Å²) in [5.74, 6) is -0.0133. The zero-order valence-electron chi connectivity index (χ0n) is 13.6. The number of likely N-dealkylation sites (tertiary alicyclic amines) is 1. The van der Waals surface area contributed by atoms with Crippen LogP contribution in [-0.4, -0.2) is 29.7 Å². The molecule has 0 atom stereocenters. The standard InChI is InChI=1S/C21H19NO2/c1-16(23)22-14-19(12-17-8-4-2-5-9-17)21(24)20(15-22)13-18-10-6-3-7-11-18/h2-13H,14-15H2,1H3/b19-12+,20-13+. The van der Waals surface area contributed by atoms with Gasteiger partial charge in [0.15, 0.2) is 5.78 Å². The van der Waals surface area contributed by atoms with E-state index in [-0.39, 0.29) is 11.7 Å². The molecule has 1 aliphatic heterocycles. The lowest BCUT2D eigenvalue weighted by Crippen LogP contribution is -2.40. The molecular weight excluding hydrogens is 298 g/mol. The van der Waals surface area contributed by atoms with Gasteiger partial charge in [0.2, 0.25) is 5.91 Å². The third-order valence-electron chi connectivity index (χ3n) is 4.03. The molecule has 0 bridgehead atoms. The zero-order valence-corrected chi connectivity index (χ0v) is 13.6. The molecule has 0 aliphatic carbocycles. The Morgan fingerprint density at radius 2 is 1.25 bits per heavy atom. The number of benzene rings is 2. The lowest BCUT2D eigenvalue weighted by molar-refractivity contribution is -0.129. The van der Waals surface area contributed by atoms with Crippen LogP contribution in [0.25, 0.3) is 12.2 Å². The number of carbonyl (C=O) groups excluding carboxylic acids is 2. The van der Waals surface area contributed by atoms with Crippen LogP contribution in [0.4, 0.5) is 0 Å². The van der Waals surface area contributed by atoms with Crippen molar-refractivity contribution in [2.75, 3.05) is 13.1 Å². The Bertz CT molecular complexity index is 743. The first kappa shape index (κ1) is 15.9. The molecule has 2 aromatic rings. The number of piperidine rings is 1. The van der Waals surface area contributed by atoms with E-state index < -0.39 is 0 Å². The smallest absolute Gasteiger partial charge is 0.220 e. The molecule has 3 nitrogen and oxygen atoms in total. The highest BCUT2D eigenvalue weighted by atomic mass is 16.2. The van der Waals surface area contributed by atoms with Gasteiger partial charge in [-0.15, -0.1) is 0 Å². The topological polar surface area (TPSA) is 37.4 Å². The Balaban J connectivity index is 1.98. The van der Waals surface area contributed by atoms with Gasteiger partial charge in [-0.25, -0.2) is 0 Å². The number of hydrogen-bond acceptors (Lipinski definition) is 2. The van der Waals surface area contributed by atoms with Crippen molar-refractivity contribution in [3.05, 3.63) is 82.9 Å². The third kappa shape index (κ3) is 3.69. The van der Waals surface area contributed by atoms with Gasteiger partial charge < -0.3 is 4.90 Å². The molecule has 0 radical (unpaired) electrons. The highest BCUT2D eigenvalue weighted by Gasteiger charge is 2.27. The van der Waals surface area contributed by atoms with Gasteiger partial charge in [-0.3, -0.25) is 9.59 Å². The summed E-state index contributed by atoms with van der Waals surface area (Å²) in [6, 6.07) is 19.4. The van der Waals surface area contributed by atoms with Gasteiger partial charge >= 0.3 is 0 Å². The van der Waals surface area contributed by atoms with Crippen molar-refractivity contribution >= 4 is 23.8 Å². The summed E-state index contributed by atoms with van der Waals surface area (Å²) >= 11 is 0. The summed E-state index contributed by atoms with van der Waals surface area (Å²) in [4.78, 5) is 26.4. The predicted octanol–water partition coefficient (Wildman–Crippen LogP) is 3.58. The van der Waals surface area contributed by atoms with Crippen LogP contribution < -0.4 is 0 Å². The number of Topliss-reactive ketones (excluding diaryl/α,β-unsaturated/α-hetero) is 1. The van der Waals surface area contributed by atoms with Gasteiger partial charge in [-0.1, -0.05) is 60.7 Å². The summed E-state index contributed by atoms with van der Waals surface area (Å²) in [7, 11) is 0. The number of amides is 1. The first-order valence-electron chi connectivity index (χ1n) is 7.95. The fourth-order valence-electron chi connectivity index (χ4n) is 2.76. The van der Waals surface area contributed by atoms with Crippen molar-refractivity contribution in [1.82, 2.24) is 4.90 Å². The van der Waals surface area contributed by atoms with E-state index in [0.717, 1.165) is 11.1 Å². The number of ketones is 1. The minimum Gasteiger partial charge on any atom is -0.334 e. The van der Waals surface area contributed by atoms with Crippen molar-refractivity contribution in [3.63, 3.8) is 0 Å². The maximum Gasteiger partial charge on any atom is 0.220 e. The predicted molar refractivity (Wildman–Crippen MR) is 96.1 cm³/mol. The van der Waals surface area contributed by atoms with Crippen LogP contribution in [-0.2, 0) is 9.59 Å². The molecule has 0 aromatic heterocycles. The van der Waals surface area contributed by atoms with E-state index in [1.54, 1.807) is 4.90 Å². The quantitative estimate of drug-likeness (QED) is 0.794. The Morgan fingerprint density at radius 3 is 1.62 bits per heavy atom. The lowest BCUT2D eigenvalue weighted by atomic mass is 9.94. The molecule has 2 aromatic carbocycles. The number of hydrogen-bond donors (Lipinski definition) is 0. The van der Waals surface area contributed by atoms with Crippen molar-refractivity contribution < 1.29 is 9.59 Å². The zero-order chi connectivity index (χ0) is 16.9. The van der Waals surface area contributed by atoms with E-state index in [0.29, 0.717) is 24.2 Å². The number of nitrogens with zero attached hydrogens (tertiary/aromatic N) is 1. The first-order valence-corrected chi connectivity index (χ1v) is 7.95. The number of carbonyl (C=O) groups is 2. The van der Waals surface area contributed by atoms with E-state index in [2.05, 4.69) is 0 Å². The molecular formula is C21H19NO2. The second-order valence-corrected chi connectivity index (χ2v) is 5.86. The summed E-state index contributed by atoms with van der Waals surface area (Å²) in [5.41, 5.74) is 3.21. The van der Waals surface area contributed by atoms with Gasteiger partial charge in [0.05, 0.1) is 0 Å². The van der Waals surface area contributed by atoms with E-state index >= 15 is 0 Å². The van der Waals surface area contributed by atoms with E-state index in [1.165, 1.54) is 6.92 Å².